The normalized spacial score (nSPS) is 17.7. The standard InChI is InChI=1S/C21H21N3O3S/c1-21(2)13-24(20(25)15-5-6-15)19-10-9-17(11-18(19)21)28(26,27)23-16-7-3-14(12-22)4-8-16/h3-4,7-11,15,23H,5-6,13H2,1-2H3. The minimum Gasteiger partial charge on any atom is -0.311 e. The summed E-state index contributed by atoms with van der Waals surface area (Å²) in [5, 5.41) is 8.86. The summed E-state index contributed by atoms with van der Waals surface area (Å²) in [6, 6.07) is 13.2. The largest absolute Gasteiger partial charge is 0.311 e. The van der Waals surface area contributed by atoms with Crippen molar-refractivity contribution >= 4 is 27.3 Å². The summed E-state index contributed by atoms with van der Waals surface area (Å²) in [5.74, 6) is 0.251. The first-order valence-electron chi connectivity index (χ1n) is 9.20. The number of sulfonamides is 1. The number of amides is 1. The van der Waals surface area contributed by atoms with Gasteiger partial charge in [0.2, 0.25) is 5.91 Å². The molecule has 2 aliphatic rings. The zero-order chi connectivity index (χ0) is 20.1. The summed E-state index contributed by atoms with van der Waals surface area (Å²) in [6.45, 7) is 4.61. The van der Waals surface area contributed by atoms with Gasteiger partial charge in [-0.2, -0.15) is 5.26 Å². The minimum absolute atomic E-state index is 0.114. The molecule has 0 saturated heterocycles. The monoisotopic (exact) mass is 395 g/mol. The van der Waals surface area contributed by atoms with Crippen molar-refractivity contribution in [2.24, 2.45) is 5.92 Å². The molecule has 7 heteroatoms. The number of anilines is 2. The predicted molar refractivity (Wildman–Crippen MR) is 107 cm³/mol. The fourth-order valence-electron chi connectivity index (χ4n) is 3.60. The average molecular weight is 395 g/mol. The molecule has 1 saturated carbocycles. The van der Waals surface area contributed by atoms with Crippen molar-refractivity contribution in [3.05, 3.63) is 53.6 Å². The van der Waals surface area contributed by atoms with Crippen molar-refractivity contribution in [1.82, 2.24) is 0 Å². The molecular weight excluding hydrogens is 374 g/mol. The maximum Gasteiger partial charge on any atom is 0.261 e. The minimum atomic E-state index is -3.78. The maximum atomic E-state index is 12.8. The summed E-state index contributed by atoms with van der Waals surface area (Å²) >= 11 is 0. The summed E-state index contributed by atoms with van der Waals surface area (Å²) in [4.78, 5) is 14.6. The third kappa shape index (κ3) is 3.25. The summed E-state index contributed by atoms with van der Waals surface area (Å²) in [6.07, 6.45) is 1.87. The van der Waals surface area contributed by atoms with Crippen LogP contribution in [0.25, 0.3) is 0 Å². The van der Waals surface area contributed by atoms with Gasteiger partial charge < -0.3 is 4.90 Å². The van der Waals surface area contributed by atoms with Crippen LogP contribution < -0.4 is 9.62 Å². The highest BCUT2D eigenvalue weighted by molar-refractivity contribution is 7.92. The lowest BCUT2D eigenvalue weighted by Gasteiger charge is -2.20. The van der Waals surface area contributed by atoms with Crippen molar-refractivity contribution in [2.75, 3.05) is 16.2 Å². The molecule has 28 heavy (non-hydrogen) atoms. The van der Waals surface area contributed by atoms with Crippen LogP contribution in [0.15, 0.2) is 47.4 Å². The first-order valence-corrected chi connectivity index (χ1v) is 10.7. The van der Waals surface area contributed by atoms with Crippen molar-refractivity contribution in [3.63, 3.8) is 0 Å². The van der Waals surface area contributed by atoms with E-state index in [-0.39, 0.29) is 22.1 Å². The number of carbonyl (C=O) groups excluding carboxylic acids is 1. The SMILES string of the molecule is CC1(C)CN(C(=O)C2CC2)c2ccc(S(=O)(=O)Nc3ccc(C#N)cc3)cc21. The molecule has 1 aliphatic carbocycles. The molecule has 0 spiro atoms. The van der Waals surface area contributed by atoms with Gasteiger partial charge in [-0.1, -0.05) is 13.8 Å². The molecule has 6 nitrogen and oxygen atoms in total. The number of nitrogens with one attached hydrogen (secondary N) is 1. The molecule has 1 aliphatic heterocycles. The van der Waals surface area contributed by atoms with Crippen molar-refractivity contribution in [3.8, 4) is 6.07 Å². The van der Waals surface area contributed by atoms with Gasteiger partial charge in [0.1, 0.15) is 0 Å². The Kier molecular flexibility index (Phi) is 4.20. The molecule has 144 valence electrons. The van der Waals surface area contributed by atoms with E-state index in [1.165, 1.54) is 0 Å². The molecular formula is C21H21N3O3S. The van der Waals surface area contributed by atoms with Gasteiger partial charge in [-0.3, -0.25) is 9.52 Å². The van der Waals surface area contributed by atoms with Gasteiger partial charge >= 0.3 is 0 Å². The Morgan fingerprint density at radius 3 is 2.46 bits per heavy atom. The molecule has 2 aromatic rings. The second-order valence-electron chi connectivity index (χ2n) is 8.06. The molecule has 1 N–H and O–H groups in total. The van der Waals surface area contributed by atoms with E-state index in [2.05, 4.69) is 4.72 Å². The number of hydrogen-bond donors (Lipinski definition) is 1. The Bertz CT molecular complexity index is 1090. The first-order chi connectivity index (χ1) is 13.2. The van der Waals surface area contributed by atoms with Gasteiger partial charge in [-0.05, 0) is 60.9 Å². The highest BCUT2D eigenvalue weighted by atomic mass is 32.2. The van der Waals surface area contributed by atoms with Crippen LogP contribution in [0.3, 0.4) is 0 Å². The van der Waals surface area contributed by atoms with Crippen molar-refractivity contribution < 1.29 is 13.2 Å². The second-order valence-corrected chi connectivity index (χ2v) is 9.74. The zero-order valence-electron chi connectivity index (χ0n) is 15.8. The molecule has 1 amide bonds. The lowest BCUT2D eigenvalue weighted by molar-refractivity contribution is -0.119. The highest BCUT2D eigenvalue weighted by Gasteiger charge is 2.43. The molecule has 0 atom stereocenters. The summed E-state index contributed by atoms with van der Waals surface area (Å²) in [5.41, 5.74) is 2.20. The number of benzene rings is 2. The fraction of sp³-hybridized carbons (Fsp3) is 0.333. The molecule has 0 unspecified atom stereocenters. The van der Waals surface area contributed by atoms with E-state index < -0.39 is 10.0 Å². The highest BCUT2D eigenvalue weighted by Crippen LogP contribution is 2.44. The number of hydrogen-bond acceptors (Lipinski definition) is 4. The molecule has 0 aromatic heterocycles. The smallest absolute Gasteiger partial charge is 0.261 e. The van der Waals surface area contributed by atoms with E-state index >= 15 is 0 Å². The van der Waals surface area contributed by atoms with Gasteiger partial charge in [0.25, 0.3) is 10.0 Å². The van der Waals surface area contributed by atoms with Gasteiger partial charge in [-0.15, -0.1) is 0 Å². The van der Waals surface area contributed by atoms with Gasteiger partial charge in [-0.25, -0.2) is 8.42 Å². The molecule has 2 aromatic carbocycles. The molecule has 1 fully saturated rings. The Hall–Kier alpha value is -2.85. The van der Waals surface area contributed by atoms with Gasteiger partial charge in [0.15, 0.2) is 0 Å². The van der Waals surface area contributed by atoms with Gasteiger partial charge in [0, 0.05) is 29.3 Å². The number of fused-ring (bicyclic) bond motifs is 1. The number of nitriles is 1. The molecule has 0 bridgehead atoms. The third-order valence-electron chi connectivity index (χ3n) is 5.31. The van der Waals surface area contributed by atoms with E-state index in [0.29, 0.717) is 17.8 Å². The lowest BCUT2D eigenvalue weighted by atomic mass is 9.87. The van der Waals surface area contributed by atoms with E-state index in [1.807, 2.05) is 19.9 Å². The summed E-state index contributed by atoms with van der Waals surface area (Å²) in [7, 11) is -3.78. The van der Waals surface area contributed by atoms with E-state index in [0.717, 1.165) is 24.1 Å². The quantitative estimate of drug-likeness (QED) is 0.859. The topological polar surface area (TPSA) is 90.3 Å². The van der Waals surface area contributed by atoms with Gasteiger partial charge in [0.05, 0.1) is 16.5 Å². The number of carbonyl (C=O) groups is 1. The second kappa shape index (κ2) is 6.35. The molecule has 1 heterocycles. The maximum absolute atomic E-state index is 12.8. The Balaban J connectivity index is 1.65. The van der Waals surface area contributed by atoms with Crippen LogP contribution in [0.1, 0.15) is 37.8 Å². The van der Waals surface area contributed by atoms with Crippen molar-refractivity contribution in [2.45, 2.75) is 37.0 Å². The van der Waals surface area contributed by atoms with E-state index in [4.69, 9.17) is 5.26 Å². The van der Waals surface area contributed by atoms with Crippen LogP contribution in [0.2, 0.25) is 0 Å². The van der Waals surface area contributed by atoms with E-state index in [1.54, 1.807) is 47.4 Å². The first kappa shape index (κ1) is 18.5. The molecule has 4 rings (SSSR count). The van der Waals surface area contributed by atoms with Crippen LogP contribution in [-0.4, -0.2) is 20.9 Å². The van der Waals surface area contributed by atoms with Crippen LogP contribution in [0.4, 0.5) is 11.4 Å². The Morgan fingerprint density at radius 1 is 1.18 bits per heavy atom. The Morgan fingerprint density at radius 2 is 1.86 bits per heavy atom. The number of nitrogens with zero attached hydrogens (tertiary/aromatic N) is 2. The number of rotatable bonds is 4. The summed E-state index contributed by atoms with van der Waals surface area (Å²) < 4.78 is 28.2. The fourth-order valence-corrected chi connectivity index (χ4v) is 4.68. The van der Waals surface area contributed by atoms with Crippen LogP contribution in [0.5, 0.6) is 0 Å². The lowest BCUT2D eigenvalue weighted by Crippen LogP contribution is -2.34. The van der Waals surface area contributed by atoms with Crippen LogP contribution in [0, 0.1) is 17.2 Å². The Labute approximate surface area is 164 Å². The van der Waals surface area contributed by atoms with Crippen molar-refractivity contribution in [1.29, 1.82) is 5.26 Å². The third-order valence-corrected chi connectivity index (χ3v) is 6.69. The molecule has 0 radical (unpaired) electrons. The zero-order valence-corrected chi connectivity index (χ0v) is 16.6. The van der Waals surface area contributed by atoms with Crippen LogP contribution in [-0.2, 0) is 20.2 Å². The average Bonchev–Trinajstić information content (AvgIpc) is 3.47. The van der Waals surface area contributed by atoms with Crippen LogP contribution >= 0.6 is 0 Å². The predicted octanol–water partition coefficient (Wildman–Crippen LogP) is 3.39. The van der Waals surface area contributed by atoms with E-state index in [9.17, 15) is 13.2 Å².